The van der Waals surface area contributed by atoms with E-state index in [0.717, 1.165) is 18.4 Å². The Balaban J connectivity index is 2.10. The third kappa shape index (κ3) is 1.80. The van der Waals surface area contributed by atoms with Crippen molar-refractivity contribution >= 4 is 0 Å². The van der Waals surface area contributed by atoms with Crippen molar-refractivity contribution in [3.05, 3.63) is 18.2 Å². The molecule has 0 spiro atoms. The maximum Gasteiger partial charge on any atom is 0.261 e. The molecule has 0 amide bonds. The van der Waals surface area contributed by atoms with Crippen LogP contribution in [0, 0.1) is 0 Å². The molecule has 0 aliphatic heterocycles. The summed E-state index contributed by atoms with van der Waals surface area (Å²) in [6.07, 6.45) is 4.96. The zero-order chi connectivity index (χ0) is 9.80. The Hall–Kier alpha value is -1.69. The van der Waals surface area contributed by atoms with E-state index in [9.17, 15) is 0 Å². The molecule has 6 nitrogen and oxygen atoms in total. The van der Waals surface area contributed by atoms with E-state index in [1.165, 1.54) is 0 Å². The van der Waals surface area contributed by atoms with Gasteiger partial charge in [0.2, 0.25) is 0 Å². The SMILES string of the molecule is NCCCc1noc(-c2cn[nH]c2)n1. The predicted octanol–water partition coefficient (Wildman–Crippen LogP) is 0.351. The Morgan fingerprint density at radius 2 is 2.43 bits per heavy atom. The average molecular weight is 193 g/mol. The van der Waals surface area contributed by atoms with Gasteiger partial charge in [0.25, 0.3) is 5.89 Å². The van der Waals surface area contributed by atoms with Gasteiger partial charge < -0.3 is 10.3 Å². The number of aromatic nitrogens is 4. The van der Waals surface area contributed by atoms with E-state index in [4.69, 9.17) is 10.3 Å². The molecule has 0 saturated heterocycles. The second-order valence-electron chi connectivity index (χ2n) is 2.89. The van der Waals surface area contributed by atoms with Gasteiger partial charge in [-0.1, -0.05) is 5.16 Å². The summed E-state index contributed by atoms with van der Waals surface area (Å²) >= 11 is 0. The lowest BCUT2D eigenvalue weighted by Gasteiger charge is -1.87. The summed E-state index contributed by atoms with van der Waals surface area (Å²) < 4.78 is 5.04. The van der Waals surface area contributed by atoms with Gasteiger partial charge in [-0.25, -0.2) is 0 Å². The molecule has 2 rings (SSSR count). The van der Waals surface area contributed by atoms with E-state index in [1.807, 2.05) is 0 Å². The Morgan fingerprint density at radius 1 is 1.50 bits per heavy atom. The van der Waals surface area contributed by atoms with E-state index in [0.29, 0.717) is 18.3 Å². The first-order valence-corrected chi connectivity index (χ1v) is 4.42. The maximum absolute atomic E-state index is 5.38. The van der Waals surface area contributed by atoms with Gasteiger partial charge in [-0.15, -0.1) is 0 Å². The van der Waals surface area contributed by atoms with Crippen molar-refractivity contribution in [1.82, 2.24) is 20.3 Å². The molecule has 0 bridgehead atoms. The predicted molar refractivity (Wildman–Crippen MR) is 49.3 cm³/mol. The molecule has 0 atom stereocenters. The number of H-pyrrole nitrogens is 1. The third-order valence-electron chi connectivity index (χ3n) is 1.82. The molecule has 14 heavy (non-hydrogen) atoms. The fraction of sp³-hybridized carbons (Fsp3) is 0.375. The molecule has 0 aliphatic carbocycles. The molecular formula is C8H11N5O. The number of aromatic amines is 1. The molecule has 0 aromatic carbocycles. The quantitative estimate of drug-likeness (QED) is 0.730. The van der Waals surface area contributed by atoms with Gasteiger partial charge >= 0.3 is 0 Å². The Morgan fingerprint density at radius 3 is 3.14 bits per heavy atom. The molecule has 0 aliphatic rings. The van der Waals surface area contributed by atoms with Crippen LogP contribution in [0.1, 0.15) is 12.2 Å². The van der Waals surface area contributed by atoms with Crippen LogP contribution in [-0.4, -0.2) is 26.9 Å². The average Bonchev–Trinajstić information content (AvgIpc) is 2.85. The van der Waals surface area contributed by atoms with Crippen molar-refractivity contribution in [2.24, 2.45) is 5.73 Å². The molecular weight excluding hydrogens is 182 g/mol. The van der Waals surface area contributed by atoms with Crippen molar-refractivity contribution in [2.45, 2.75) is 12.8 Å². The van der Waals surface area contributed by atoms with Crippen molar-refractivity contribution in [3.63, 3.8) is 0 Å². The highest BCUT2D eigenvalue weighted by Crippen LogP contribution is 2.14. The van der Waals surface area contributed by atoms with Crippen LogP contribution in [0.5, 0.6) is 0 Å². The first-order valence-electron chi connectivity index (χ1n) is 4.42. The van der Waals surface area contributed by atoms with Gasteiger partial charge in [-0.3, -0.25) is 5.10 Å². The van der Waals surface area contributed by atoms with Gasteiger partial charge in [-0.05, 0) is 13.0 Å². The van der Waals surface area contributed by atoms with Crippen molar-refractivity contribution in [2.75, 3.05) is 6.54 Å². The van der Waals surface area contributed by atoms with Crippen molar-refractivity contribution < 1.29 is 4.52 Å². The third-order valence-corrected chi connectivity index (χ3v) is 1.82. The fourth-order valence-corrected chi connectivity index (χ4v) is 1.10. The summed E-state index contributed by atoms with van der Waals surface area (Å²) in [5.74, 6) is 1.18. The molecule has 2 aromatic heterocycles. The molecule has 2 aromatic rings. The van der Waals surface area contributed by atoms with Crippen LogP contribution in [0.3, 0.4) is 0 Å². The number of aryl methyl sites for hydroxylation is 1. The molecule has 0 radical (unpaired) electrons. The van der Waals surface area contributed by atoms with Crippen LogP contribution in [0.4, 0.5) is 0 Å². The number of hydrogen-bond acceptors (Lipinski definition) is 5. The number of rotatable bonds is 4. The lowest BCUT2D eigenvalue weighted by molar-refractivity contribution is 0.422. The number of nitrogens with one attached hydrogen (secondary N) is 1. The minimum atomic E-state index is 0.491. The first kappa shape index (κ1) is 8.89. The van der Waals surface area contributed by atoms with E-state index in [-0.39, 0.29) is 0 Å². The highest BCUT2D eigenvalue weighted by molar-refractivity contribution is 5.48. The van der Waals surface area contributed by atoms with Gasteiger partial charge in [0, 0.05) is 12.6 Å². The molecule has 6 heteroatoms. The minimum absolute atomic E-state index is 0.491. The van der Waals surface area contributed by atoms with E-state index < -0.39 is 0 Å². The molecule has 74 valence electrons. The van der Waals surface area contributed by atoms with Gasteiger partial charge in [0.1, 0.15) is 0 Å². The number of nitrogens with zero attached hydrogens (tertiary/aromatic N) is 3. The highest BCUT2D eigenvalue weighted by atomic mass is 16.5. The summed E-state index contributed by atoms with van der Waals surface area (Å²) in [6, 6.07) is 0. The highest BCUT2D eigenvalue weighted by Gasteiger charge is 2.08. The van der Waals surface area contributed by atoms with Crippen LogP contribution < -0.4 is 5.73 Å². The second-order valence-corrected chi connectivity index (χ2v) is 2.89. The normalized spacial score (nSPS) is 10.6. The zero-order valence-electron chi connectivity index (χ0n) is 7.60. The van der Waals surface area contributed by atoms with Gasteiger partial charge in [0.15, 0.2) is 5.82 Å². The molecule has 2 heterocycles. The summed E-state index contributed by atoms with van der Waals surface area (Å²) in [5, 5.41) is 10.3. The number of hydrogen-bond donors (Lipinski definition) is 2. The summed E-state index contributed by atoms with van der Waals surface area (Å²) in [4.78, 5) is 4.20. The largest absolute Gasteiger partial charge is 0.334 e. The molecule has 0 unspecified atom stereocenters. The number of nitrogens with two attached hydrogens (primary N) is 1. The van der Waals surface area contributed by atoms with E-state index >= 15 is 0 Å². The smallest absolute Gasteiger partial charge is 0.261 e. The topological polar surface area (TPSA) is 93.6 Å². The molecule has 3 N–H and O–H groups in total. The maximum atomic E-state index is 5.38. The van der Waals surface area contributed by atoms with Crippen LogP contribution >= 0.6 is 0 Å². The Kier molecular flexibility index (Phi) is 2.55. The van der Waals surface area contributed by atoms with Crippen LogP contribution in [0.2, 0.25) is 0 Å². The van der Waals surface area contributed by atoms with Crippen LogP contribution in [-0.2, 0) is 6.42 Å². The standard InChI is InChI=1S/C8H11N5O/c9-3-1-2-7-12-8(14-13-7)6-4-10-11-5-6/h4-5H,1-3,9H2,(H,10,11). The van der Waals surface area contributed by atoms with E-state index in [2.05, 4.69) is 20.3 Å². The fourth-order valence-electron chi connectivity index (χ4n) is 1.10. The zero-order valence-corrected chi connectivity index (χ0v) is 7.60. The van der Waals surface area contributed by atoms with Gasteiger partial charge in [-0.2, -0.15) is 10.1 Å². The van der Waals surface area contributed by atoms with E-state index in [1.54, 1.807) is 12.4 Å². The van der Waals surface area contributed by atoms with Crippen LogP contribution in [0.25, 0.3) is 11.5 Å². The second kappa shape index (κ2) is 4.01. The Bertz CT molecular complexity index is 380. The van der Waals surface area contributed by atoms with Crippen molar-refractivity contribution in [3.8, 4) is 11.5 Å². The summed E-state index contributed by atoms with van der Waals surface area (Å²) in [7, 11) is 0. The van der Waals surface area contributed by atoms with Crippen molar-refractivity contribution in [1.29, 1.82) is 0 Å². The molecule has 0 fully saturated rings. The van der Waals surface area contributed by atoms with Gasteiger partial charge in [0.05, 0.1) is 11.8 Å². The monoisotopic (exact) mass is 193 g/mol. The summed E-state index contributed by atoms with van der Waals surface area (Å²) in [6.45, 7) is 0.635. The minimum Gasteiger partial charge on any atom is -0.334 e. The molecule has 0 saturated carbocycles. The lowest BCUT2D eigenvalue weighted by Crippen LogP contribution is -2.01. The first-order chi connectivity index (χ1) is 6.90. The van der Waals surface area contributed by atoms with Crippen LogP contribution in [0.15, 0.2) is 16.9 Å². The lowest BCUT2D eigenvalue weighted by atomic mass is 10.3. The Labute approximate surface area is 80.5 Å². The summed E-state index contributed by atoms with van der Waals surface area (Å²) in [5.41, 5.74) is 6.18.